The normalized spacial score (nSPS) is 38.1. The van der Waals surface area contributed by atoms with Gasteiger partial charge in [-0.15, -0.1) is 11.3 Å². The van der Waals surface area contributed by atoms with Gasteiger partial charge in [0.2, 0.25) is 0 Å². The lowest BCUT2D eigenvalue weighted by atomic mass is 9.56. The van der Waals surface area contributed by atoms with E-state index in [1.54, 1.807) is 99.1 Å². The Labute approximate surface area is 299 Å². The number of rotatable bonds is 4. The fourth-order valence-electron chi connectivity index (χ4n) is 17.4. The molecule has 9 atom stereocenters. The van der Waals surface area contributed by atoms with Gasteiger partial charge in [-0.1, -0.05) is 86.5 Å². The van der Waals surface area contributed by atoms with Gasteiger partial charge in [0.1, 0.15) is 0 Å². The van der Waals surface area contributed by atoms with Crippen molar-refractivity contribution in [2.75, 3.05) is 0 Å². The van der Waals surface area contributed by atoms with E-state index < -0.39 is 0 Å². The molecule has 9 unspecified atom stereocenters. The fourth-order valence-corrected chi connectivity index (χ4v) is 18.5. The molecular weight excluding hydrogens is 633 g/mol. The van der Waals surface area contributed by atoms with Crippen LogP contribution in [0.15, 0.2) is 72.1 Å². The second-order valence-electron chi connectivity index (χ2n) is 18.6. The van der Waals surface area contributed by atoms with E-state index >= 15 is 0 Å². The van der Waals surface area contributed by atoms with Crippen LogP contribution in [0.3, 0.4) is 0 Å². The smallest absolute Gasteiger partial charge is 0.0491 e. The fraction of sp³-hybridized carbons (Fsp3) is 0.280. The molecule has 0 nitrogen and oxygen atoms in total. The van der Waals surface area contributed by atoms with E-state index in [1.807, 2.05) is 22.3 Å². The minimum atomic E-state index is -0.0205. The lowest BCUT2D eigenvalue weighted by Gasteiger charge is -2.46. The third kappa shape index (κ3) is 1.68. The lowest BCUT2D eigenvalue weighted by molar-refractivity contribution is 0.411. The largest absolute Gasteiger partial charge is 0.148 e. The summed E-state index contributed by atoms with van der Waals surface area (Å²) in [5.74, 6) is 3.00. The highest BCUT2D eigenvalue weighted by Gasteiger charge is 2.97. The first kappa shape index (κ1) is 23.9. The maximum atomic E-state index is 2.77. The summed E-state index contributed by atoms with van der Waals surface area (Å²) in [6.45, 7) is 2.45. The predicted molar refractivity (Wildman–Crippen MR) is 206 cm³/mol. The van der Waals surface area contributed by atoms with Crippen LogP contribution >= 0.6 is 11.3 Å². The van der Waals surface area contributed by atoms with Crippen LogP contribution in [-0.4, -0.2) is 0 Å². The van der Waals surface area contributed by atoms with E-state index in [9.17, 15) is 0 Å². The molecule has 51 heavy (non-hydrogen) atoms. The van der Waals surface area contributed by atoms with Gasteiger partial charge in [-0.25, -0.2) is 0 Å². The Morgan fingerprint density at radius 1 is 0.765 bits per heavy atom. The van der Waals surface area contributed by atoms with E-state index in [2.05, 4.69) is 96.5 Å². The first-order valence-electron chi connectivity index (χ1n) is 20.0. The van der Waals surface area contributed by atoms with Crippen molar-refractivity contribution in [2.45, 2.75) is 67.1 Å². The van der Waals surface area contributed by atoms with Crippen molar-refractivity contribution in [3.8, 4) is 11.1 Å². The van der Waals surface area contributed by atoms with Gasteiger partial charge < -0.3 is 0 Å². The van der Waals surface area contributed by atoms with Crippen molar-refractivity contribution in [2.24, 2.45) is 17.3 Å². The molecule has 1 heterocycles. The van der Waals surface area contributed by atoms with Gasteiger partial charge >= 0.3 is 0 Å². The minimum absolute atomic E-state index is 0.00667. The average Bonchev–Trinajstić information content (AvgIpc) is 3.90. The maximum absolute atomic E-state index is 2.77. The molecule has 0 aliphatic heterocycles. The number of unbranched alkanes of at least 4 members (excludes halogenated alkanes) is 1. The zero-order valence-corrected chi connectivity index (χ0v) is 29.0. The van der Waals surface area contributed by atoms with Gasteiger partial charge in [0.15, 0.2) is 0 Å². The Morgan fingerprint density at radius 2 is 1.61 bits per heavy atom. The summed E-state index contributed by atoms with van der Waals surface area (Å²) in [5, 5.41) is 5.82. The molecule has 0 amide bonds. The molecule has 0 saturated heterocycles. The quantitative estimate of drug-likeness (QED) is 0.168. The zero-order chi connectivity index (χ0) is 32.0. The molecule has 4 aromatic carbocycles. The number of allylic oxidation sites excluding steroid dienone is 9. The van der Waals surface area contributed by atoms with Crippen molar-refractivity contribution in [1.29, 1.82) is 0 Å². The summed E-state index contributed by atoms with van der Waals surface area (Å²) >= 11 is 2.10. The molecule has 1 fully saturated rings. The van der Waals surface area contributed by atoms with Crippen LogP contribution in [0.25, 0.3) is 55.8 Å². The Balaban J connectivity index is 1.22. The highest BCUT2D eigenvalue weighted by molar-refractivity contribution is 7.10. The predicted octanol–water partition coefficient (Wildman–Crippen LogP) is 11.6. The van der Waals surface area contributed by atoms with E-state index in [4.69, 9.17) is 0 Å². The standard InChI is InChI=1S/C50H30S/c1-2-3-14-48(29-5-4-15-51-29)49-44-27-12-10-25-23-8-6-19-16-21-18-22-17-20-7-9-24-26-11-13-28(27)45(49)37(26)41-35(24)31(20)39-33(22)32(21)38-30(19)34(23)40(36(25)44)46-42(38)43(39)47(41)50(46,48)49/h4-13,15-17,19,23-24,30,34-35H,2-3,14,18H2,1H3. The summed E-state index contributed by atoms with van der Waals surface area (Å²) < 4.78 is 0. The highest BCUT2D eigenvalue weighted by atomic mass is 32.1. The molecule has 5 aromatic rings. The van der Waals surface area contributed by atoms with Crippen LogP contribution in [0.4, 0.5) is 0 Å². The van der Waals surface area contributed by atoms with Gasteiger partial charge in [0.25, 0.3) is 0 Å². The highest BCUT2D eigenvalue weighted by Crippen LogP contribution is 3.01. The van der Waals surface area contributed by atoms with Gasteiger partial charge in [-0.2, -0.15) is 0 Å². The third-order valence-electron chi connectivity index (χ3n) is 17.9. The summed E-state index contributed by atoms with van der Waals surface area (Å²) in [6, 6.07) is 18.2. The SMILES string of the molecule is CCCCC1(c2cccs2)C23C4=C5c6c7ccc8c6C21c1c-8ccc2c1C1=C3c3c4c4c6c8c(cc9c(c38)C1C2C=C9)CC6=CC1C=CC7C5C41. The van der Waals surface area contributed by atoms with Crippen molar-refractivity contribution in [3.63, 3.8) is 0 Å². The van der Waals surface area contributed by atoms with Crippen molar-refractivity contribution in [3.05, 3.63) is 149 Å². The molecule has 1 saturated carbocycles. The van der Waals surface area contributed by atoms with Crippen molar-refractivity contribution in [1.82, 2.24) is 0 Å². The molecule has 13 aliphatic rings. The van der Waals surface area contributed by atoms with Gasteiger partial charge in [-0.05, 0) is 146 Å². The maximum Gasteiger partial charge on any atom is 0.0491 e. The number of hydrogen-bond donors (Lipinski definition) is 0. The molecule has 13 aliphatic carbocycles. The number of benzene rings is 4. The van der Waals surface area contributed by atoms with E-state index in [0.29, 0.717) is 35.5 Å². The van der Waals surface area contributed by atoms with Crippen LogP contribution in [0.2, 0.25) is 0 Å². The lowest BCUT2D eigenvalue weighted by Crippen LogP contribution is -2.34. The average molecular weight is 663 g/mol. The van der Waals surface area contributed by atoms with Crippen LogP contribution < -0.4 is 0 Å². The van der Waals surface area contributed by atoms with Crippen LogP contribution in [0, 0.1) is 17.3 Å². The van der Waals surface area contributed by atoms with Crippen LogP contribution in [0.1, 0.15) is 127 Å². The zero-order valence-electron chi connectivity index (χ0n) is 28.2. The summed E-state index contributed by atoms with van der Waals surface area (Å²) in [5.41, 5.74) is 34.4. The number of thiophene rings is 1. The molecular formula is C50H30S. The van der Waals surface area contributed by atoms with Gasteiger partial charge in [-0.3, -0.25) is 0 Å². The third-order valence-corrected chi connectivity index (χ3v) is 18.9. The first-order valence-corrected chi connectivity index (χ1v) is 20.8. The van der Waals surface area contributed by atoms with Gasteiger partial charge in [0.05, 0.1) is 0 Å². The Hall–Kier alpha value is -4.46. The minimum Gasteiger partial charge on any atom is -0.148 e. The molecule has 18 rings (SSSR count). The van der Waals surface area contributed by atoms with E-state index in [-0.39, 0.29) is 16.2 Å². The van der Waals surface area contributed by atoms with Crippen LogP contribution in [-0.2, 0) is 17.3 Å². The Bertz CT molecular complexity index is 3080. The monoisotopic (exact) mass is 662 g/mol. The number of fused-ring (bicyclic) bond motifs is 3. The Kier molecular flexibility index (Phi) is 3.01. The number of hydrogen-bond acceptors (Lipinski definition) is 1. The molecule has 236 valence electrons. The summed E-state index contributed by atoms with van der Waals surface area (Å²) in [7, 11) is 0. The van der Waals surface area contributed by atoms with E-state index in [0.717, 1.165) is 6.42 Å². The molecule has 0 radical (unpaired) electrons. The molecule has 2 spiro atoms. The van der Waals surface area contributed by atoms with Crippen molar-refractivity contribution < 1.29 is 0 Å². The first-order chi connectivity index (χ1) is 25.3. The van der Waals surface area contributed by atoms with Gasteiger partial charge in [0, 0.05) is 56.6 Å². The second kappa shape index (κ2) is 6.43. The Morgan fingerprint density at radius 3 is 2.45 bits per heavy atom. The van der Waals surface area contributed by atoms with Crippen molar-refractivity contribution >= 4 is 56.1 Å². The topological polar surface area (TPSA) is 0 Å². The molecule has 0 bridgehead atoms. The van der Waals surface area contributed by atoms with E-state index in [1.165, 1.54) is 24.8 Å². The van der Waals surface area contributed by atoms with Crippen LogP contribution in [0.5, 0.6) is 0 Å². The molecule has 1 heteroatoms. The summed E-state index contributed by atoms with van der Waals surface area (Å²) in [4.78, 5) is 1.68. The molecule has 1 aromatic heterocycles. The molecule has 0 N–H and O–H groups in total. The summed E-state index contributed by atoms with van der Waals surface area (Å²) in [6.07, 6.45) is 18.3. The second-order valence-corrected chi connectivity index (χ2v) is 19.5.